The Kier molecular flexibility index (Phi) is 7.27. The van der Waals surface area contributed by atoms with E-state index in [1.54, 1.807) is 24.3 Å². The van der Waals surface area contributed by atoms with Gasteiger partial charge in [0.1, 0.15) is 0 Å². The molecule has 0 heterocycles. The maximum absolute atomic E-state index is 12.2. The Morgan fingerprint density at radius 3 is 1.23 bits per heavy atom. The van der Waals surface area contributed by atoms with Crippen LogP contribution in [0, 0.1) is 0 Å². The molecule has 142 valence electrons. The summed E-state index contributed by atoms with van der Waals surface area (Å²) < 4.78 is 48.7. The second-order valence-electron chi connectivity index (χ2n) is 5.42. The molecule has 0 radical (unpaired) electrons. The van der Waals surface area contributed by atoms with Gasteiger partial charge >= 0.3 is 0 Å². The molecular formula is C16H20N2O4S4. The SMILES string of the molecule is Nc1ccc(S(=O)(=O)CCSSCCS(=O)(=O)c2ccc(N)cc2)cc1. The van der Waals surface area contributed by atoms with Gasteiger partial charge in [0, 0.05) is 22.9 Å². The lowest BCUT2D eigenvalue weighted by atomic mass is 10.3. The van der Waals surface area contributed by atoms with Crippen molar-refractivity contribution in [3.8, 4) is 0 Å². The Labute approximate surface area is 162 Å². The second kappa shape index (κ2) is 9.03. The van der Waals surface area contributed by atoms with E-state index in [0.29, 0.717) is 22.9 Å². The number of hydrogen-bond donors (Lipinski definition) is 2. The molecule has 10 heteroatoms. The van der Waals surface area contributed by atoms with Gasteiger partial charge in [0.25, 0.3) is 0 Å². The van der Waals surface area contributed by atoms with Crippen molar-refractivity contribution in [2.45, 2.75) is 9.79 Å². The molecule has 0 aromatic heterocycles. The van der Waals surface area contributed by atoms with Crippen LogP contribution < -0.4 is 11.5 Å². The third-order valence-corrected chi connectivity index (χ3v) is 9.82. The smallest absolute Gasteiger partial charge is 0.179 e. The van der Waals surface area contributed by atoms with Crippen molar-refractivity contribution >= 4 is 52.6 Å². The molecule has 0 aliphatic rings. The number of rotatable bonds is 9. The van der Waals surface area contributed by atoms with Crippen LogP contribution in [0.5, 0.6) is 0 Å². The lowest BCUT2D eigenvalue weighted by Crippen LogP contribution is -2.10. The predicted octanol–water partition coefficient (Wildman–Crippen LogP) is 2.48. The molecule has 26 heavy (non-hydrogen) atoms. The Hall–Kier alpha value is -1.36. The maximum atomic E-state index is 12.2. The zero-order valence-corrected chi connectivity index (χ0v) is 17.1. The minimum atomic E-state index is -3.36. The van der Waals surface area contributed by atoms with Crippen molar-refractivity contribution in [3.05, 3.63) is 48.5 Å². The van der Waals surface area contributed by atoms with Crippen molar-refractivity contribution in [2.75, 3.05) is 34.5 Å². The summed E-state index contributed by atoms with van der Waals surface area (Å²) in [4.78, 5) is 0.478. The first kappa shape index (κ1) is 20.9. The molecular weight excluding hydrogens is 412 g/mol. The van der Waals surface area contributed by atoms with Gasteiger partial charge in [-0.1, -0.05) is 21.6 Å². The normalized spacial score (nSPS) is 12.2. The summed E-state index contributed by atoms with van der Waals surface area (Å²) in [6, 6.07) is 12.2. The summed E-state index contributed by atoms with van der Waals surface area (Å²) in [6.45, 7) is 0. The van der Waals surface area contributed by atoms with Crippen LogP contribution in [0.1, 0.15) is 0 Å². The van der Waals surface area contributed by atoms with Gasteiger partial charge in [-0.05, 0) is 48.5 Å². The largest absolute Gasteiger partial charge is 0.399 e. The first-order valence-electron chi connectivity index (χ1n) is 7.62. The number of nitrogens with two attached hydrogens (primary N) is 2. The second-order valence-corrected chi connectivity index (χ2v) is 12.3. The van der Waals surface area contributed by atoms with Crippen LogP contribution in [0.2, 0.25) is 0 Å². The van der Waals surface area contributed by atoms with Crippen LogP contribution in [-0.4, -0.2) is 39.8 Å². The first-order valence-corrected chi connectivity index (χ1v) is 13.4. The Morgan fingerprint density at radius 1 is 0.615 bits per heavy atom. The van der Waals surface area contributed by atoms with E-state index >= 15 is 0 Å². The van der Waals surface area contributed by atoms with Gasteiger partial charge in [0.2, 0.25) is 0 Å². The number of sulfone groups is 2. The fourth-order valence-electron chi connectivity index (χ4n) is 1.99. The molecule has 6 nitrogen and oxygen atoms in total. The van der Waals surface area contributed by atoms with Gasteiger partial charge < -0.3 is 11.5 Å². The lowest BCUT2D eigenvalue weighted by Gasteiger charge is -2.06. The zero-order valence-electron chi connectivity index (χ0n) is 13.9. The predicted molar refractivity (Wildman–Crippen MR) is 111 cm³/mol. The van der Waals surface area contributed by atoms with E-state index in [-0.39, 0.29) is 21.3 Å². The zero-order chi connectivity index (χ0) is 19.2. The highest BCUT2D eigenvalue weighted by Gasteiger charge is 2.16. The number of anilines is 2. The number of hydrogen-bond acceptors (Lipinski definition) is 8. The summed E-state index contributed by atoms with van der Waals surface area (Å²) in [7, 11) is -4.03. The Bertz CT molecular complexity index is 846. The van der Waals surface area contributed by atoms with E-state index in [1.165, 1.54) is 45.9 Å². The quantitative estimate of drug-likeness (QED) is 0.352. The molecule has 0 aliphatic carbocycles. The average molecular weight is 433 g/mol. The van der Waals surface area contributed by atoms with Crippen LogP contribution in [0.15, 0.2) is 58.3 Å². The summed E-state index contributed by atoms with van der Waals surface area (Å²) in [6.07, 6.45) is 0. The van der Waals surface area contributed by atoms with Crippen molar-refractivity contribution in [1.82, 2.24) is 0 Å². The standard InChI is InChI=1S/C16H20N2O4S4/c17-13-1-5-15(6-2-13)25(19,20)11-9-23-24-10-12-26(21,22)16-7-3-14(18)4-8-16/h1-8H,9-12,17-18H2. The van der Waals surface area contributed by atoms with Gasteiger partial charge in [-0.25, -0.2) is 16.8 Å². The highest BCUT2D eigenvalue weighted by molar-refractivity contribution is 8.76. The lowest BCUT2D eigenvalue weighted by molar-refractivity contribution is 0.596. The van der Waals surface area contributed by atoms with Gasteiger partial charge in [0.15, 0.2) is 19.7 Å². The van der Waals surface area contributed by atoms with Crippen LogP contribution in [-0.2, 0) is 19.7 Å². The van der Waals surface area contributed by atoms with E-state index in [1.807, 2.05) is 0 Å². The van der Waals surface area contributed by atoms with Crippen LogP contribution in [0.25, 0.3) is 0 Å². The van der Waals surface area contributed by atoms with Gasteiger partial charge in [-0.15, -0.1) is 0 Å². The fraction of sp³-hybridized carbons (Fsp3) is 0.250. The minimum absolute atomic E-state index is 0.0146. The molecule has 0 atom stereocenters. The van der Waals surface area contributed by atoms with E-state index < -0.39 is 19.7 Å². The molecule has 0 spiro atoms. The highest BCUT2D eigenvalue weighted by Crippen LogP contribution is 2.24. The monoisotopic (exact) mass is 432 g/mol. The van der Waals surface area contributed by atoms with Gasteiger partial charge in [-0.3, -0.25) is 0 Å². The molecule has 0 bridgehead atoms. The molecule has 0 aliphatic heterocycles. The molecule has 2 aromatic carbocycles. The van der Waals surface area contributed by atoms with E-state index in [9.17, 15) is 16.8 Å². The summed E-state index contributed by atoms with van der Waals surface area (Å²) >= 11 is 0. The third-order valence-electron chi connectivity index (χ3n) is 3.43. The average Bonchev–Trinajstić information content (AvgIpc) is 2.58. The molecule has 2 rings (SSSR count). The van der Waals surface area contributed by atoms with Gasteiger partial charge in [0.05, 0.1) is 21.3 Å². The van der Waals surface area contributed by atoms with Gasteiger partial charge in [-0.2, -0.15) is 0 Å². The minimum Gasteiger partial charge on any atom is -0.399 e. The Morgan fingerprint density at radius 2 is 0.923 bits per heavy atom. The highest BCUT2D eigenvalue weighted by atomic mass is 33.1. The molecule has 0 saturated heterocycles. The Balaban J connectivity index is 1.75. The van der Waals surface area contributed by atoms with E-state index in [4.69, 9.17) is 11.5 Å². The summed E-state index contributed by atoms with van der Waals surface area (Å²) in [5.74, 6) is 0.719. The van der Waals surface area contributed by atoms with Crippen LogP contribution in [0.4, 0.5) is 11.4 Å². The fourth-order valence-corrected chi connectivity index (χ4v) is 8.03. The molecule has 0 fully saturated rings. The summed E-state index contributed by atoms with van der Waals surface area (Å²) in [5, 5.41) is 0. The third kappa shape index (κ3) is 6.11. The number of benzene rings is 2. The maximum Gasteiger partial charge on any atom is 0.179 e. The van der Waals surface area contributed by atoms with Crippen LogP contribution >= 0.6 is 21.6 Å². The molecule has 0 amide bonds. The van der Waals surface area contributed by atoms with Crippen molar-refractivity contribution in [2.24, 2.45) is 0 Å². The summed E-state index contributed by atoms with van der Waals surface area (Å²) in [5.41, 5.74) is 12.1. The van der Waals surface area contributed by atoms with E-state index in [2.05, 4.69) is 0 Å². The topological polar surface area (TPSA) is 120 Å². The van der Waals surface area contributed by atoms with Crippen molar-refractivity contribution in [1.29, 1.82) is 0 Å². The molecule has 0 unspecified atom stereocenters. The molecule has 4 N–H and O–H groups in total. The molecule has 2 aromatic rings. The van der Waals surface area contributed by atoms with E-state index in [0.717, 1.165) is 0 Å². The van der Waals surface area contributed by atoms with Crippen molar-refractivity contribution < 1.29 is 16.8 Å². The number of nitrogen functional groups attached to an aromatic ring is 2. The molecule has 0 saturated carbocycles. The van der Waals surface area contributed by atoms with Crippen LogP contribution in [0.3, 0.4) is 0 Å². The van der Waals surface area contributed by atoms with Crippen molar-refractivity contribution in [3.63, 3.8) is 0 Å². The first-order chi connectivity index (χ1) is 12.2.